The number of anilines is 1. The zero-order chi connectivity index (χ0) is 12.1. The summed E-state index contributed by atoms with van der Waals surface area (Å²) in [4.78, 5) is 10.4. The highest BCUT2D eigenvalue weighted by molar-refractivity contribution is 5.72. The molecule has 0 saturated heterocycles. The average Bonchev–Trinajstić information content (AvgIpc) is 2.83. The first-order valence-electron chi connectivity index (χ1n) is 5.88. The van der Waals surface area contributed by atoms with Crippen LogP contribution in [0.3, 0.4) is 0 Å². The summed E-state index contributed by atoms with van der Waals surface area (Å²) in [6.45, 7) is 0. The van der Waals surface area contributed by atoms with E-state index in [9.17, 15) is 4.79 Å². The third-order valence-electron chi connectivity index (χ3n) is 2.99. The first kappa shape index (κ1) is 11.8. The summed E-state index contributed by atoms with van der Waals surface area (Å²) in [6, 6.07) is 5.39. The second-order valence-electron chi connectivity index (χ2n) is 4.15. The van der Waals surface area contributed by atoms with Crippen molar-refractivity contribution in [1.29, 1.82) is 0 Å². The van der Waals surface area contributed by atoms with Crippen molar-refractivity contribution in [2.24, 2.45) is 0 Å². The Hall–Kier alpha value is -1.71. The molecule has 1 fully saturated rings. The van der Waals surface area contributed by atoms with Gasteiger partial charge in [-0.25, -0.2) is 0 Å². The van der Waals surface area contributed by atoms with Crippen molar-refractivity contribution in [2.45, 2.75) is 31.8 Å². The second-order valence-corrected chi connectivity index (χ2v) is 4.15. The Morgan fingerprint density at radius 3 is 2.71 bits per heavy atom. The van der Waals surface area contributed by atoms with Crippen molar-refractivity contribution >= 4 is 12.1 Å². The van der Waals surface area contributed by atoms with E-state index >= 15 is 0 Å². The molecule has 0 bridgehead atoms. The Balaban J connectivity index is 2.15. The number of hydrogen-bond acceptors (Lipinski definition) is 3. The van der Waals surface area contributed by atoms with Crippen molar-refractivity contribution in [3.05, 3.63) is 18.2 Å². The fourth-order valence-corrected chi connectivity index (χ4v) is 2.11. The molecule has 0 heterocycles. The lowest BCUT2D eigenvalue weighted by atomic mass is 10.2. The number of rotatable bonds is 5. The van der Waals surface area contributed by atoms with Gasteiger partial charge in [-0.1, -0.05) is 0 Å². The molecule has 1 aromatic carbocycles. The molecular weight excluding hydrogens is 218 g/mol. The van der Waals surface area contributed by atoms with Gasteiger partial charge < -0.3 is 14.8 Å². The molecular formula is C13H17NO3. The van der Waals surface area contributed by atoms with Crippen LogP contribution in [0.2, 0.25) is 0 Å². The third-order valence-corrected chi connectivity index (χ3v) is 2.99. The molecule has 1 N–H and O–H groups in total. The zero-order valence-corrected chi connectivity index (χ0v) is 9.94. The van der Waals surface area contributed by atoms with Crippen LogP contribution in [-0.2, 0) is 4.79 Å². The van der Waals surface area contributed by atoms with E-state index in [1.54, 1.807) is 25.3 Å². The Kier molecular flexibility index (Phi) is 3.85. The van der Waals surface area contributed by atoms with Gasteiger partial charge in [0.05, 0.1) is 13.2 Å². The molecule has 1 saturated carbocycles. The maximum Gasteiger partial charge on any atom is 0.211 e. The molecule has 0 atom stereocenters. The Bertz CT molecular complexity index is 386. The van der Waals surface area contributed by atoms with Gasteiger partial charge in [-0.2, -0.15) is 0 Å². The number of amides is 1. The highest BCUT2D eigenvalue weighted by Crippen LogP contribution is 2.33. The topological polar surface area (TPSA) is 47.6 Å². The van der Waals surface area contributed by atoms with Crippen LogP contribution in [0.4, 0.5) is 5.69 Å². The minimum Gasteiger partial charge on any atom is -0.493 e. The minimum absolute atomic E-state index is 0.274. The van der Waals surface area contributed by atoms with E-state index in [1.807, 2.05) is 0 Å². The number of hydrogen-bond donors (Lipinski definition) is 1. The van der Waals surface area contributed by atoms with E-state index in [-0.39, 0.29) is 6.10 Å². The molecule has 2 rings (SSSR count). The third kappa shape index (κ3) is 2.90. The first-order valence-corrected chi connectivity index (χ1v) is 5.88. The van der Waals surface area contributed by atoms with Crippen LogP contribution in [0.5, 0.6) is 11.5 Å². The highest BCUT2D eigenvalue weighted by atomic mass is 16.5. The predicted molar refractivity (Wildman–Crippen MR) is 65.6 cm³/mol. The van der Waals surface area contributed by atoms with Crippen LogP contribution in [0.15, 0.2) is 18.2 Å². The molecule has 4 nitrogen and oxygen atoms in total. The quantitative estimate of drug-likeness (QED) is 0.798. The molecule has 1 aromatic rings. The van der Waals surface area contributed by atoms with Gasteiger partial charge in [0.15, 0.2) is 11.5 Å². The lowest BCUT2D eigenvalue weighted by molar-refractivity contribution is -0.105. The van der Waals surface area contributed by atoms with Gasteiger partial charge in [-0.05, 0) is 37.8 Å². The summed E-state index contributed by atoms with van der Waals surface area (Å²) < 4.78 is 11.2. The lowest BCUT2D eigenvalue weighted by Crippen LogP contribution is -2.11. The summed E-state index contributed by atoms with van der Waals surface area (Å²) in [5.41, 5.74) is 0.716. The highest BCUT2D eigenvalue weighted by Gasteiger charge is 2.18. The van der Waals surface area contributed by atoms with E-state index in [4.69, 9.17) is 9.47 Å². The standard InChI is InChI=1S/C13H17NO3/c1-16-12-7-6-10(14-9-15)8-13(12)17-11-4-2-3-5-11/h6-9,11H,2-5H2,1H3,(H,14,15). The SMILES string of the molecule is COc1ccc(NC=O)cc1OC1CCCC1. The van der Waals surface area contributed by atoms with Gasteiger partial charge in [0.1, 0.15) is 0 Å². The monoisotopic (exact) mass is 235 g/mol. The van der Waals surface area contributed by atoms with Crippen molar-refractivity contribution in [3.8, 4) is 11.5 Å². The summed E-state index contributed by atoms with van der Waals surface area (Å²) >= 11 is 0. The average molecular weight is 235 g/mol. The summed E-state index contributed by atoms with van der Waals surface area (Å²) in [7, 11) is 1.61. The van der Waals surface area contributed by atoms with Gasteiger partial charge in [-0.3, -0.25) is 4.79 Å². The summed E-state index contributed by atoms with van der Waals surface area (Å²) in [5, 5.41) is 2.61. The van der Waals surface area contributed by atoms with Crippen LogP contribution in [0.25, 0.3) is 0 Å². The molecule has 4 heteroatoms. The summed E-state index contributed by atoms with van der Waals surface area (Å²) in [5.74, 6) is 1.40. The van der Waals surface area contributed by atoms with Crippen molar-refractivity contribution in [1.82, 2.24) is 0 Å². The molecule has 17 heavy (non-hydrogen) atoms. The Morgan fingerprint density at radius 2 is 2.06 bits per heavy atom. The van der Waals surface area contributed by atoms with Gasteiger partial charge in [0.2, 0.25) is 6.41 Å². The number of carbonyl (C=O) groups is 1. The molecule has 1 amide bonds. The molecule has 92 valence electrons. The van der Waals surface area contributed by atoms with Crippen LogP contribution >= 0.6 is 0 Å². The van der Waals surface area contributed by atoms with Gasteiger partial charge in [0, 0.05) is 11.8 Å². The number of carbonyl (C=O) groups excluding carboxylic acids is 1. The molecule has 0 unspecified atom stereocenters. The number of ether oxygens (including phenoxy) is 2. The van der Waals surface area contributed by atoms with E-state index in [1.165, 1.54) is 12.8 Å². The van der Waals surface area contributed by atoms with Crippen molar-refractivity contribution in [3.63, 3.8) is 0 Å². The number of nitrogens with one attached hydrogen (secondary N) is 1. The van der Waals surface area contributed by atoms with E-state index < -0.39 is 0 Å². The molecule has 0 aromatic heterocycles. The largest absolute Gasteiger partial charge is 0.493 e. The second kappa shape index (κ2) is 5.57. The van der Waals surface area contributed by atoms with Crippen molar-refractivity contribution in [2.75, 3.05) is 12.4 Å². The Morgan fingerprint density at radius 1 is 1.29 bits per heavy atom. The van der Waals surface area contributed by atoms with Crippen LogP contribution in [0, 0.1) is 0 Å². The fourth-order valence-electron chi connectivity index (χ4n) is 2.11. The van der Waals surface area contributed by atoms with Gasteiger partial charge in [0.25, 0.3) is 0 Å². The van der Waals surface area contributed by atoms with Crippen LogP contribution in [0.1, 0.15) is 25.7 Å². The smallest absolute Gasteiger partial charge is 0.211 e. The molecule has 0 radical (unpaired) electrons. The van der Waals surface area contributed by atoms with E-state index in [0.29, 0.717) is 23.6 Å². The van der Waals surface area contributed by atoms with Crippen LogP contribution < -0.4 is 14.8 Å². The van der Waals surface area contributed by atoms with E-state index in [0.717, 1.165) is 12.8 Å². The number of methoxy groups -OCH3 is 1. The lowest BCUT2D eigenvalue weighted by Gasteiger charge is -2.16. The van der Waals surface area contributed by atoms with E-state index in [2.05, 4.69) is 5.32 Å². The zero-order valence-electron chi connectivity index (χ0n) is 9.94. The minimum atomic E-state index is 0.274. The van der Waals surface area contributed by atoms with Crippen LogP contribution in [-0.4, -0.2) is 19.6 Å². The predicted octanol–water partition coefficient (Wildman–Crippen LogP) is 2.58. The maximum atomic E-state index is 10.4. The number of benzene rings is 1. The van der Waals surface area contributed by atoms with Gasteiger partial charge in [-0.15, -0.1) is 0 Å². The maximum absolute atomic E-state index is 10.4. The Labute approximate surface area is 101 Å². The van der Waals surface area contributed by atoms with Crippen molar-refractivity contribution < 1.29 is 14.3 Å². The summed E-state index contributed by atoms with van der Waals surface area (Å²) in [6.07, 6.45) is 5.55. The molecule has 0 aliphatic heterocycles. The molecule has 1 aliphatic rings. The molecule has 0 spiro atoms. The van der Waals surface area contributed by atoms with Gasteiger partial charge >= 0.3 is 0 Å². The normalized spacial score (nSPS) is 15.6. The first-order chi connectivity index (χ1) is 8.33. The fraction of sp³-hybridized carbons (Fsp3) is 0.462. The molecule has 1 aliphatic carbocycles.